The first-order valence-corrected chi connectivity index (χ1v) is 21.1. The number of nitrogens with zero attached hydrogens (tertiary/aromatic N) is 4. The van der Waals surface area contributed by atoms with Crippen LogP contribution in [-0.4, -0.2) is 19.5 Å². The zero-order chi connectivity index (χ0) is 41.4. The van der Waals surface area contributed by atoms with E-state index in [2.05, 4.69) is 144 Å². The standard InChI is InChI=1S/C57H34N4O2/c1-4-16-35(17-5-1)45-32-39(57-59-55(37-20-8-3-9-21-37)58-56(60-57)38-28-29-42-40-22-11-14-26-49(40)62-51(42)34-38)33-46(36-18-6-2-7-19-36)53(45)61-47-25-13-10-24-44(47)52-48(61)31-30-43-41-23-12-15-27-50(41)63-54(43)52/h1-34H. The highest BCUT2D eigenvalue weighted by Crippen LogP contribution is 2.46. The Bertz CT molecular complexity index is 3840. The fraction of sp³-hybridized carbons (Fsp3) is 0. The van der Waals surface area contributed by atoms with E-state index in [0.717, 1.165) is 110 Å². The molecule has 63 heavy (non-hydrogen) atoms. The maximum Gasteiger partial charge on any atom is 0.164 e. The van der Waals surface area contributed by atoms with E-state index in [9.17, 15) is 0 Å². The van der Waals surface area contributed by atoms with Crippen LogP contribution in [0.4, 0.5) is 0 Å². The van der Waals surface area contributed by atoms with Gasteiger partial charge in [0.2, 0.25) is 0 Å². The number of para-hydroxylation sites is 3. The van der Waals surface area contributed by atoms with Crippen LogP contribution < -0.4 is 0 Å². The Hall–Kier alpha value is -8.61. The Morgan fingerprint density at radius 3 is 1.48 bits per heavy atom. The van der Waals surface area contributed by atoms with Crippen molar-refractivity contribution < 1.29 is 8.83 Å². The summed E-state index contributed by atoms with van der Waals surface area (Å²) >= 11 is 0. The molecule has 4 aromatic heterocycles. The van der Waals surface area contributed by atoms with Crippen molar-refractivity contribution in [3.63, 3.8) is 0 Å². The van der Waals surface area contributed by atoms with Crippen LogP contribution in [0, 0.1) is 0 Å². The monoisotopic (exact) mass is 806 g/mol. The van der Waals surface area contributed by atoms with Crippen LogP contribution in [-0.2, 0) is 0 Å². The van der Waals surface area contributed by atoms with E-state index in [-0.39, 0.29) is 0 Å². The molecule has 0 bridgehead atoms. The molecule has 6 heteroatoms. The minimum Gasteiger partial charge on any atom is -0.456 e. The largest absolute Gasteiger partial charge is 0.456 e. The third kappa shape index (κ3) is 5.62. The predicted molar refractivity (Wildman–Crippen MR) is 256 cm³/mol. The molecule has 294 valence electrons. The van der Waals surface area contributed by atoms with Gasteiger partial charge < -0.3 is 13.4 Å². The van der Waals surface area contributed by atoms with Gasteiger partial charge in [0.1, 0.15) is 22.3 Å². The summed E-state index contributed by atoms with van der Waals surface area (Å²) in [6, 6.07) is 71.6. The van der Waals surface area contributed by atoms with Gasteiger partial charge >= 0.3 is 0 Å². The summed E-state index contributed by atoms with van der Waals surface area (Å²) in [7, 11) is 0. The van der Waals surface area contributed by atoms with Crippen molar-refractivity contribution in [3.05, 3.63) is 206 Å². The van der Waals surface area contributed by atoms with E-state index < -0.39 is 0 Å². The average Bonchev–Trinajstić information content (AvgIpc) is 4.03. The molecule has 6 nitrogen and oxygen atoms in total. The fourth-order valence-corrected chi connectivity index (χ4v) is 9.37. The number of hydrogen-bond acceptors (Lipinski definition) is 5. The van der Waals surface area contributed by atoms with E-state index in [0.29, 0.717) is 17.5 Å². The molecule has 0 N–H and O–H groups in total. The van der Waals surface area contributed by atoms with Gasteiger partial charge in [0, 0.05) is 54.7 Å². The molecular weight excluding hydrogens is 773 g/mol. The molecular formula is C57H34N4O2. The Balaban J connectivity index is 1.11. The van der Waals surface area contributed by atoms with E-state index in [1.807, 2.05) is 66.7 Å². The summed E-state index contributed by atoms with van der Waals surface area (Å²) in [6.07, 6.45) is 0. The van der Waals surface area contributed by atoms with Crippen LogP contribution in [0.25, 0.3) is 128 Å². The third-order valence-electron chi connectivity index (χ3n) is 12.2. The zero-order valence-corrected chi connectivity index (χ0v) is 33.7. The molecule has 0 saturated heterocycles. The average molecular weight is 807 g/mol. The summed E-state index contributed by atoms with van der Waals surface area (Å²) in [5.74, 6) is 1.71. The Kier molecular flexibility index (Phi) is 7.80. The molecule has 0 spiro atoms. The van der Waals surface area contributed by atoms with Crippen molar-refractivity contribution in [1.29, 1.82) is 0 Å². The van der Waals surface area contributed by atoms with Crippen LogP contribution in [0.3, 0.4) is 0 Å². The zero-order valence-electron chi connectivity index (χ0n) is 33.7. The maximum atomic E-state index is 6.72. The molecule has 13 rings (SSSR count). The van der Waals surface area contributed by atoms with Crippen molar-refractivity contribution in [1.82, 2.24) is 19.5 Å². The van der Waals surface area contributed by atoms with Crippen molar-refractivity contribution in [2.45, 2.75) is 0 Å². The first-order valence-electron chi connectivity index (χ1n) is 21.1. The quantitative estimate of drug-likeness (QED) is 0.167. The topological polar surface area (TPSA) is 69.9 Å². The van der Waals surface area contributed by atoms with Crippen molar-refractivity contribution >= 4 is 65.7 Å². The predicted octanol–water partition coefficient (Wildman–Crippen LogP) is 15.1. The third-order valence-corrected chi connectivity index (χ3v) is 12.2. The highest BCUT2D eigenvalue weighted by atomic mass is 16.3. The fourth-order valence-electron chi connectivity index (χ4n) is 9.37. The minimum atomic E-state index is 0.560. The summed E-state index contributed by atoms with van der Waals surface area (Å²) in [5, 5.41) is 6.53. The molecule has 9 aromatic carbocycles. The number of aromatic nitrogens is 4. The van der Waals surface area contributed by atoms with Gasteiger partial charge in [-0.25, -0.2) is 15.0 Å². The lowest BCUT2D eigenvalue weighted by Crippen LogP contribution is -2.04. The number of rotatable bonds is 6. The van der Waals surface area contributed by atoms with Gasteiger partial charge in [-0.15, -0.1) is 0 Å². The van der Waals surface area contributed by atoms with Crippen LogP contribution in [0.2, 0.25) is 0 Å². The van der Waals surface area contributed by atoms with Crippen LogP contribution in [0.1, 0.15) is 0 Å². The Labute approximate surface area is 361 Å². The molecule has 0 atom stereocenters. The van der Waals surface area contributed by atoms with Crippen LogP contribution in [0.5, 0.6) is 0 Å². The highest BCUT2D eigenvalue weighted by molar-refractivity contribution is 6.24. The molecule has 0 aliphatic carbocycles. The molecule has 0 saturated carbocycles. The first kappa shape index (κ1) is 35.2. The lowest BCUT2D eigenvalue weighted by atomic mass is 9.92. The molecule has 0 amide bonds. The summed E-state index contributed by atoms with van der Waals surface area (Å²) in [4.78, 5) is 15.7. The Morgan fingerprint density at radius 2 is 0.810 bits per heavy atom. The van der Waals surface area contributed by atoms with Gasteiger partial charge in [-0.2, -0.15) is 0 Å². The number of benzene rings is 9. The second kappa shape index (κ2) is 14.0. The molecule has 13 aromatic rings. The van der Waals surface area contributed by atoms with Gasteiger partial charge in [-0.05, 0) is 65.7 Å². The molecule has 4 heterocycles. The van der Waals surface area contributed by atoms with Crippen molar-refractivity contribution in [2.75, 3.05) is 0 Å². The van der Waals surface area contributed by atoms with Gasteiger partial charge in [0.25, 0.3) is 0 Å². The van der Waals surface area contributed by atoms with Crippen LogP contribution in [0.15, 0.2) is 215 Å². The maximum absolute atomic E-state index is 6.72. The lowest BCUT2D eigenvalue weighted by molar-refractivity contribution is 0.669. The first-order chi connectivity index (χ1) is 31.2. The summed E-state index contributed by atoms with van der Waals surface area (Å²) < 4.78 is 15.5. The number of fused-ring (bicyclic) bond motifs is 10. The van der Waals surface area contributed by atoms with Gasteiger partial charge in [-0.1, -0.05) is 152 Å². The molecule has 0 aliphatic rings. The minimum absolute atomic E-state index is 0.560. The lowest BCUT2D eigenvalue weighted by Gasteiger charge is -2.21. The van der Waals surface area contributed by atoms with E-state index in [4.69, 9.17) is 23.8 Å². The van der Waals surface area contributed by atoms with Gasteiger partial charge in [0.05, 0.1) is 22.1 Å². The molecule has 0 unspecified atom stereocenters. The van der Waals surface area contributed by atoms with E-state index in [1.165, 1.54) is 0 Å². The molecule has 0 fully saturated rings. The SMILES string of the molecule is c1ccc(-c2nc(-c3cc(-c4ccccc4)c(-n4c5ccccc5c5c6oc7ccccc7c6ccc54)c(-c4ccccc4)c3)nc(-c3ccc4c(c3)oc3ccccc34)n2)cc1. The highest BCUT2D eigenvalue weighted by Gasteiger charge is 2.25. The normalized spacial score (nSPS) is 11.8. The van der Waals surface area contributed by atoms with Crippen molar-refractivity contribution in [2.24, 2.45) is 0 Å². The smallest absolute Gasteiger partial charge is 0.164 e. The molecule has 0 radical (unpaired) electrons. The number of hydrogen-bond donors (Lipinski definition) is 0. The Morgan fingerprint density at radius 1 is 0.317 bits per heavy atom. The molecule has 0 aliphatic heterocycles. The van der Waals surface area contributed by atoms with Gasteiger partial charge in [-0.3, -0.25) is 0 Å². The summed E-state index contributed by atoms with van der Waals surface area (Å²) in [6.45, 7) is 0. The van der Waals surface area contributed by atoms with Gasteiger partial charge in [0.15, 0.2) is 17.5 Å². The second-order valence-electron chi connectivity index (χ2n) is 15.9. The van der Waals surface area contributed by atoms with E-state index in [1.54, 1.807) is 0 Å². The van der Waals surface area contributed by atoms with Crippen molar-refractivity contribution in [3.8, 4) is 62.1 Å². The summed E-state index contributed by atoms with van der Waals surface area (Å²) in [5.41, 5.74) is 13.4. The van der Waals surface area contributed by atoms with Crippen LogP contribution >= 0.6 is 0 Å². The van der Waals surface area contributed by atoms with E-state index >= 15 is 0 Å². The second-order valence-corrected chi connectivity index (χ2v) is 15.9. The number of furan rings is 2.